The molecule has 2 atom stereocenters. The summed E-state index contributed by atoms with van der Waals surface area (Å²) in [7, 11) is 1.06. The van der Waals surface area contributed by atoms with Crippen molar-refractivity contribution in [2.24, 2.45) is 0 Å². The van der Waals surface area contributed by atoms with Crippen molar-refractivity contribution < 1.29 is 23.0 Å². The molecular formula is C10H6Cl2F2O3. The summed E-state index contributed by atoms with van der Waals surface area (Å²) in [5.74, 6) is -4.00. The predicted octanol–water partition coefficient (Wildman–Crippen LogP) is 2.99. The minimum absolute atomic E-state index is 0.131. The fourth-order valence-corrected chi connectivity index (χ4v) is 1.96. The van der Waals surface area contributed by atoms with Gasteiger partial charge in [0.25, 0.3) is 0 Å². The summed E-state index contributed by atoms with van der Waals surface area (Å²) in [6.45, 7) is 0. The lowest BCUT2D eigenvalue weighted by molar-refractivity contribution is 0.0594. The van der Waals surface area contributed by atoms with Crippen LogP contribution in [0.4, 0.5) is 8.78 Å². The SMILES string of the molecule is COC(=O)c1cc2c(c(F)c1F)OC(Cl)C2Cl. The zero-order valence-electron chi connectivity index (χ0n) is 8.47. The van der Waals surface area contributed by atoms with Crippen molar-refractivity contribution in [2.45, 2.75) is 10.9 Å². The molecule has 1 aromatic carbocycles. The summed E-state index contributed by atoms with van der Waals surface area (Å²) in [6.07, 6.45) is 0. The third-order valence-electron chi connectivity index (χ3n) is 2.35. The second kappa shape index (κ2) is 4.31. The van der Waals surface area contributed by atoms with E-state index in [-0.39, 0.29) is 11.3 Å². The second-order valence-corrected chi connectivity index (χ2v) is 4.23. The van der Waals surface area contributed by atoms with Gasteiger partial charge < -0.3 is 9.47 Å². The van der Waals surface area contributed by atoms with Gasteiger partial charge in [-0.05, 0) is 6.07 Å². The van der Waals surface area contributed by atoms with E-state index in [1.807, 2.05) is 0 Å². The molecule has 7 heteroatoms. The minimum Gasteiger partial charge on any atom is -0.469 e. The van der Waals surface area contributed by atoms with Crippen molar-refractivity contribution in [1.82, 2.24) is 0 Å². The van der Waals surface area contributed by atoms with E-state index in [9.17, 15) is 13.6 Å². The average Bonchev–Trinajstić information content (AvgIpc) is 2.60. The number of hydrogen-bond donors (Lipinski definition) is 0. The van der Waals surface area contributed by atoms with E-state index in [1.165, 1.54) is 0 Å². The lowest BCUT2D eigenvalue weighted by atomic mass is 10.1. The highest BCUT2D eigenvalue weighted by Crippen LogP contribution is 2.45. The largest absolute Gasteiger partial charge is 0.469 e. The number of fused-ring (bicyclic) bond motifs is 1. The zero-order chi connectivity index (χ0) is 12.7. The van der Waals surface area contributed by atoms with Crippen LogP contribution in [0.2, 0.25) is 0 Å². The molecule has 1 heterocycles. The fourth-order valence-electron chi connectivity index (χ4n) is 1.53. The molecule has 0 aliphatic carbocycles. The summed E-state index contributed by atoms with van der Waals surface area (Å²) < 4.78 is 36.3. The van der Waals surface area contributed by atoms with Gasteiger partial charge in [0.1, 0.15) is 5.38 Å². The van der Waals surface area contributed by atoms with Crippen LogP contribution in [0.5, 0.6) is 5.75 Å². The molecule has 0 fully saturated rings. The van der Waals surface area contributed by atoms with Crippen LogP contribution in [0.3, 0.4) is 0 Å². The van der Waals surface area contributed by atoms with Gasteiger partial charge in [0.05, 0.1) is 12.7 Å². The Morgan fingerprint density at radius 2 is 2.06 bits per heavy atom. The lowest BCUT2D eigenvalue weighted by Gasteiger charge is -2.06. The van der Waals surface area contributed by atoms with Crippen LogP contribution in [-0.2, 0) is 4.74 Å². The van der Waals surface area contributed by atoms with Crippen molar-refractivity contribution >= 4 is 29.2 Å². The molecule has 0 saturated heterocycles. The average molecular weight is 283 g/mol. The molecule has 2 rings (SSSR count). The van der Waals surface area contributed by atoms with Crippen LogP contribution in [0, 0.1) is 11.6 Å². The van der Waals surface area contributed by atoms with E-state index in [2.05, 4.69) is 4.74 Å². The molecule has 0 amide bonds. The molecule has 0 bridgehead atoms. The topological polar surface area (TPSA) is 35.5 Å². The van der Waals surface area contributed by atoms with E-state index in [0.717, 1.165) is 13.2 Å². The highest BCUT2D eigenvalue weighted by molar-refractivity contribution is 6.30. The van der Waals surface area contributed by atoms with Gasteiger partial charge in [-0.25, -0.2) is 9.18 Å². The van der Waals surface area contributed by atoms with Gasteiger partial charge in [-0.1, -0.05) is 11.6 Å². The molecule has 92 valence electrons. The number of hydrogen-bond acceptors (Lipinski definition) is 3. The molecule has 0 aromatic heterocycles. The van der Waals surface area contributed by atoms with Crippen molar-refractivity contribution in [2.75, 3.05) is 7.11 Å². The predicted molar refractivity (Wildman–Crippen MR) is 56.6 cm³/mol. The Hall–Kier alpha value is -1.07. The normalized spacial score (nSPS) is 21.9. The third-order valence-corrected chi connectivity index (χ3v) is 3.29. The maximum atomic E-state index is 13.6. The van der Waals surface area contributed by atoms with Crippen LogP contribution in [0.15, 0.2) is 6.07 Å². The maximum absolute atomic E-state index is 13.6. The third kappa shape index (κ3) is 1.83. The minimum atomic E-state index is -1.34. The van der Waals surface area contributed by atoms with E-state index in [4.69, 9.17) is 27.9 Å². The molecule has 0 N–H and O–H groups in total. The molecule has 17 heavy (non-hydrogen) atoms. The molecule has 1 aromatic rings. The van der Waals surface area contributed by atoms with Crippen LogP contribution < -0.4 is 4.74 Å². The Kier molecular flexibility index (Phi) is 3.14. The maximum Gasteiger partial charge on any atom is 0.340 e. The Morgan fingerprint density at radius 3 is 2.65 bits per heavy atom. The number of carbonyl (C=O) groups excluding carboxylic acids is 1. The summed E-state index contributed by atoms with van der Waals surface area (Å²) in [4.78, 5) is 11.2. The molecule has 0 radical (unpaired) electrons. The second-order valence-electron chi connectivity index (χ2n) is 3.33. The summed E-state index contributed by atoms with van der Waals surface area (Å²) in [6, 6.07) is 1.08. The summed E-state index contributed by atoms with van der Waals surface area (Å²) in [5.41, 5.74) is -1.41. The number of methoxy groups -OCH3 is 1. The number of carbonyl (C=O) groups is 1. The first-order chi connectivity index (χ1) is 7.97. The number of alkyl halides is 2. The fraction of sp³-hybridized carbons (Fsp3) is 0.300. The van der Waals surface area contributed by atoms with Gasteiger partial charge in [-0.2, -0.15) is 4.39 Å². The van der Waals surface area contributed by atoms with Gasteiger partial charge in [0, 0.05) is 5.56 Å². The summed E-state index contributed by atoms with van der Waals surface area (Å²) >= 11 is 11.5. The van der Waals surface area contributed by atoms with Crippen LogP contribution in [0.1, 0.15) is 21.3 Å². The summed E-state index contributed by atoms with van der Waals surface area (Å²) in [5, 5.41) is -0.856. The van der Waals surface area contributed by atoms with E-state index in [1.54, 1.807) is 0 Å². The monoisotopic (exact) mass is 282 g/mol. The highest BCUT2D eigenvalue weighted by Gasteiger charge is 2.37. The smallest absolute Gasteiger partial charge is 0.340 e. The Bertz CT molecular complexity index is 493. The lowest BCUT2D eigenvalue weighted by Crippen LogP contribution is -2.07. The molecular weight excluding hydrogens is 277 g/mol. The van der Waals surface area contributed by atoms with E-state index >= 15 is 0 Å². The molecule has 1 aliphatic rings. The van der Waals surface area contributed by atoms with E-state index < -0.39 is 34.1 Å². The Morgan fingerprint density at radius 1 is 1.41 bits per heavy atom. The van der Waals surface area contributed by atoms with Crippen LogP contribution >= 0.6 is 23.2 Å². The van der Waals surface area contributed by atoms with Crippen molar-refractivity contribution in [3.63, 3.8) is 0 Å². The molecule has 1 aliphatic heterocycles. The van der Waals surface area contributed by atoms with Crippen molar-refractivity contribution in [3.8, 4) is 5.75 Å². The standard InChI is InChI=1S/C10H6Cl2F2O3/c1-16-10(15)4-2-3-5(11)9(12)17-8(3)7(14)6(4)13/h2,5,9H,1H3. The van der Waals surface area contributed by atoms with Crippen molar-refractivity contribution in [3.05, 3.63) is 28.8 Å². The number of ether oxygens (including phenoxy) is 2. The van der Waals surface area contributed by atoms with Gasteiger partial charge in [-0.3, -0.25) is 0 Å². The molecule has 2 unspecified atom stereocenters. The highest BCUT2D eigenvalue weighted by atomic mass is 35.5. The number of benzene rings is 1. The zero-order valence-corrected chi connectivity index (χ0v) is 9.98. The van der Waals surface area contributed by atoms with Crippen LogP contribution in [-0.4, -0.2) is 18.6 Å². The Balaban J connectivity index is 2.61. The first kappa shape index (κ1) is 12.4. The van der Waals surface area contributed by atoms with Gasteiger partial charge in [0.2, 0.25) is 5.82 Å². The first-order valence-corrected chi connectivity index (χ1v) is 5.39. The Labute approximate surface area is 105 Å². The first-order valence-electron chi connectivity index (χ1n) is 4.52. The van der Waals surface area contributed by atoms with Gasteiger partial charge in [0.15, 0.2) is 17.1 Å². The van der Waals surface area contributed by atoms with Crippen LogP contribution in [0.25, 0.3) is 0 Å². The van der Waals surface area contributed by atoms with Crippen molar-refractivity contribution in [1.29, 1.82) is 0 Å². The van der Waals surface area contributed by atoms with Gasteiger partial charge >= 0.3 is 5.97 Å². The molecule has 0 spiro atoms. The number of halogens is 4. The molecule has 3 nitrogen and oxygen atoms in total. The quantitative estimate of drug-likeness (QED) is 0.587. The molecule has 0 saturated carbocycles. The number of esters is 1. The number of rotatable bonds is 1. The van der Waals surface area contributed by atoms with E-state index in [0.29, 0.717) is 0 Å². The van der Waals surface area contributed by atoms with Gasteiger partial charge in [-0.15, -0.1) is 11.6 Å².